The van der Waals surface area contributed by atoms with Gasteiger partial charge in [0.25, 0.3) is 5.91 Å². The third-order valence-electron chi connectivity index (χ3n) is 5.37. The van der Waals surface area contributed by atoms with Crippen LogP contribution in [0.4, 0.5) is 11.5 Å². The molecule has 180 valence electrons. The molecular formula is C23H19BrCl2N6O3. The number of anilines is 1. The first-order valence-electron chi connectivity index (χ1n) is 10.4. The number of rotatable bonds is 7. The number of carbonyl (C=O) groups is 1. The Balaban J connectivity index is 1.43. The summed E-state index contributed by atoms with van der Waals surface area (Å²) < 4.78 is 3.86. The molecule has 0 aliphatic carbocycles. The normalized spacial score (nSPS) is 11.0. The summed E-state index contributed by atoms with van der Waals surface area (Å²) in [7, 11) is 0. The van der Waals surface area contributed by atoms with Gasteiger partial charge in [-0.1, -0.05) is 41.4 Å². The number of hydrogen-bond donors (Lipinski definition) is 1. The molecule has 4 rings (SSSR count). The number of hydrogen-bond acceptors (Lipinski definition) is 5. The number of benzene rings is 2. The van der Waals surface area contributed by atoms with Crippen LogP contribution in [0.15, 0.2) is 53.1 Å². The lowest BCUT2D eigenvalue weighted by Crippen LogP contribution is -2.13. The van der Waals surface area contributed by atoms with E-state index in [1.54, 1.807) is 65.8 Å². The van der Waals surface area contributed by atoms with Gasteiger partial charge in [0.15, 0.2) is 5.82 Å². The van der Waals surface area contributed by atoms with Crippen LogP contribution in [0.5, 0.6) is 0 Å². The van der Waals surface area contributed by atoms with Gasteiger partial charge in [-0.15, -0.1) is 0 Å². The van der Waals surface area contributed by atoms with Crippen LogP contribution in [-0.4, -0.2) is 30.4 Å². The van der Waals surface area contributed by atoms with Crippen LogP contribution in [-0.2, 0) is 13.1 Å². The Morgan fingerprint density at radius 3 is 2.46 bits per heavy atom. The summed E-state index contributed by atoms with van der Waals surface area (Å²) in [4.78, 5) is 23.5. The Hall–Kier alpha value is -3.21. The highest BCUT2D eigenvalue weighted by Crippen LogP contribution is 2.25. The Kier molecular flexibility index (Phi) is 7.25. The van der Waals surface area contributed by atoms with Crippen molar-refractivity contribution in [3.63, 3.8) is 0 Å². The molecule has 35 heavy (non-hydrogen) atoms. The van der Waals surface area contributed by atoms with Gasteiger partial charge < -0.3 is 5.32 Å². The van der Waals surface area contributed by atoms with E-state index in [0.29, 0.717) is 50.4 Å². The Morgan fingerprint density at radius 1 is 1.11 bits per heavy atom. The van der Waals surface area contributed by atoms with E-state index in [1.165, 1.54) is 0 Å². The predicted molar refractivity (Wildman–Crippen MR) is 137 cm³/mol. The summed E-state index contributed by atoms with van der Waals surface area (Å²) in [6, 6.07) is 12.2. The van der Waals surface area contributed by atoms with Crippen LogP contribution in [0.1, 0.15) is 32.9 Å². The maximum absolute atomic E-state index is 12.8. The highest BCUT2D eigenvalue weighted by Gasteiger charge is 2.21. The molecule has 0 unspecified atom stereocenters. The van der Waals surface area contributed by atoms with E-state index in [0.717, 1.165) is 11.1 Å². The van der Waals surface area contributed by atoms with E-state index < -0.39 is 4.92 Å². The summed E-state index contributed by atoms with van der Waals surface area (Å²) in [5, 5.41) is 23.8. The minimum Gasteiger partial charge on any atom is -0.304 e. The molecule has 0 saturated heterocycles. The lowest BCUT2D eigenvalue weighted by Gasteiger charge is -2.07. The van der Waals surface area contributed by atoms with Crippen LogP contribution >= 0.6 is 39.1 Å². The second kappa shape index (κ2) is 10.2. The second-order valence-corrected chi connectivity index (χ2v) is 9.54. The maximum atomic E-state index is 12.8. The van der Waals surface area contributed by atoms with Gasteiger partial charge in [-0.05, 0) is 65.2 Å². The molecule has 0 aliphatic rings. The Morgan fingerprint density at radius 2 is 1.83 bits per heavy atom. The highest BCUT2D eigenvalue weighted by molar-refractivity contribution is 9.10. The number of carbonyl (C=O) groups excluding carboxylic acids is 1. The van der Waals surface area contributed by atoms with E-state index in [9.17, 15) is 14.9 Å². The van der Waals surface area contributed by atoms with Crippen molar-refractivity contribution in [1.29, 1.82) is 0 Å². The average molecular weight is 578 g/mol. The van der Waals surface area contributed by atoms with Gasteiger partial charge in [-0.2, -0.15) is 10.2 Å². The number of halogens is 3. The SMILES string of the molecule is Cc1nn(Cc2ccc(C(=O)Nc3nn(Cc4ccc(Cl)cc4Cl)cc3Br)cc2)c(C)c1[N+](=O)[O-]. The molecule has 0 saturated carbocycles. The fraction of sp³-hybridized carbons (Fsp3) is 0.174. The minimum atomic E-state index is -0.425. The van der Waals surface area contributed by atoms with Crippen molar-refractivity contribution in [1.82, 2.24) is 19.6 Å². The highest BCUT2D eigenvalue weighted by atomic mass is 79.9. The smallest absolute Gasteiger partial charge is 0.304 e. The molecule has 1 amide bonds. The fourth-order valence-corrected chi connectivity index (χ4v) is 4.49. The molecule has 0 bridgehead atoms. The third-order valence-corrected chi connectivity index (χ3v) is 6.54. The van der Waals surface area contributed by atoms with Gasteiger partial charge in [-0.3, -0.25) is 24.3 Å². The number of nitrogens with zero attached hydrogens (tertiary/aromatic N) is 5. The van der Waals surface area contributed by atoms with Crippen molar-refractivity contribution >= 4 is 56.5 Å². The summed E-state index contributed by atoms with van der Waals surface area (Å²) >= 11 is 15.6. The quantitative estimate of drug-likeness (QED) is 0.213. The molecule has 0 atom stereocenters. The molecule has 0 fully saturated rings. The van der Waals surface area contributed by atoms with E-state index >= 15 is 0 Å². The molecule has 4 aromatic rings. The van der Waals surface area contributed by atoms with E-state index in [1.807, 2.05) is 6.07 Å². The first-order valence-corrected chi connectivity index (χ1v) is 11.9. The van der Waals surface area contributed by atoms with Gasteiger partial charge in [-0.25, -0.2) is 0 Å². The first kappa shape index (κ1) is 24.9. The zero-order valence-electron chi connectivity index (χ0n) is 18.6. The summed E-state index contributed by atoms with van der Waals surface area (Å²) in [5.74, 6) is 0.0490. The number of aromatic nitrogens is 4. The number of aryl methyl sites for hydroxylation is 1. The lowest BCUT2D eigenvalue weighted by molar-refractivity contribution is -0.386. The van der Waals surface area contributed by atoms with Crippen LogP contribution in [0.3, 0.4) is 0 Å². The van der Waals surface area contributed by atoms with Crippen LogP contribution in [0.2, 0.25) is 10.0 Å². The van der Waals surface area contributed by atoms with Crippen LogP contribution in [0.25, 0.3) is 0 Å². The van der Waals surface area contributed by atoms with Gasteiger partial charge in [0, 0.05) is 21.8 Å². The van der Waals surface area contributed by atoms with Gasteiger partial charge in [0.1, 0.15) is 11.4 Å². The van der Waals surface area contributed by atoms with Crippen molar-refractivity contribution in [2.45, 2.75) is 26.9 Å². The standard InChI is InChI=1S/C23H19BrCl2N6O3/c1-13-21(32(34)35)14(2)31(28-13)10-15-3-5-16(6-4-15)23(33)27-22-19(24)12-30(29-22)11-17-7-8-18(25)9-20(17)26/h3-9,12H,10-11H2,1-2H3,(H,27,29,33). The minimum absolute atomic E-state index is 0.0179. The van der Waals surface area contributed by atoms with Crippen LogP contribution < -0.4 is 5.32 Å². The fourth-order valence-electron chi connectivity index (χ4n) is 3.61. The molecular weight excluding hydrogens is 559 g/mol. The van der Waals surface area contributed by atoms with E-state index in [-0.39, 0.29) is 11.6 Å². The molecule has 1 N–H and O–H groups in total. The van der Waals surface area contributed by atoms with Crippen molar-refractivity contribution in [3.8, 4) is 0 Å². The van der Waals surface area contributed by atoms with Gasteiger partial charge in [0.05, 0.1) is 22.5 Å². The van der Waals surface area contributed by atoms with E-state index in [4.69, 9.17) is 23.2 Å². The zero-order valence-corrected chi connectivity index (χ0v) is 21.7. The monoisotopic (exact) mass is 576 g/mol. The number of nitro groups is 1. The zero-order chi connectivity index (χ0) is 25.3. The lowest BCUT2D eigenvalue weighted by atomic mass is 10.1. The first-order chi connectivity index (χ1) is 16.6. The molecule has 2 aromatic carbocycles. The molecule has 2 aromatic heterocycles. The maximum Gasteiger partial charge on any atom is 0.312 e. The summed E-state index contributed by atoms with van der Waals surface area (Å²) in [5.41, 5.74) is 3.00. The predicted octanol–water partition coefficient (Wildman–Crippen LogP) is 6.02. The Labute approximate surface area is 218 Å². The second-order valence-electron chi connectivity index (χ2n) is 7.84. The summed E-state index contributed by atoms with van der Waals surface area (Å²) in [6.45, 7) is 4.03. The molecule has 0 spiro atoms. The van der Waals surface area contributed by atoms with Crippen LogP contribution in [0, 0.1) is 24.0 Å². The molecule has 0 radical (unpaired) electrons. The van der Waals surface area contributed by atoms with Crippen molar-refractivity contribution in [2.75, 3.05) is 5.32 Å². The summed E-state index contributed by atoms with van der Waals surface area (Å²) in [6.07, 6.45) is 1.75. The third kappa shape index (κ3) is 5.55. The Bertz CT molecular complexity index is 1430. The molecule has 2 heterocycles. The average Bonchev–Trinajstić information content (AvgIpc) is 3.28. The van der Waals surface area contributed by atoms with Gasteiger partial charge in [0.2, 0.25) is 0 Å². The molecule has 9 nitrogen and oxygen atoms in total. The molecule has 12 heteroatoms. The largest absolute Gasteiger partial charge is 0.312 e. The van der Waals surface area contributed by atoms with Crippen molar-refractivity contribution in [2.24, 2.45) is 0 Å². The van der Waals surface area contributed by atoms with Crippen molar-refractivity contribution in [3.05, 3.63) is 101 Å². The van der Waals surface area contributed by atoms with E-state index in [2.05, 4.69) is 31.4 Å². The van der Waals surface area contributed by atoms with Crippen molar-refractivity contribution < 1.29 is 9.72 Å². The topological polar surface area (TPSA) is 108 Å². The molecule has 0 aliphatic heterocycles. The number of nitrogens with one attached hydrogen (secondary N) is 1. The number of amides is 1. The van der Waals surface area contributed by atoms with Gasteiger partial charge >= 0.3 is 5.69 Å².